The smallest absolute Gasteiger partial charge is 0.243 e. The summed E-state index contributed by atoms with van der Waals surface area (Å²) < 4.78 is 26.6. The van der Waals surface area contributed by atoms with Crippen molar-refractivity contribution in [2.75, 3.05) is 13.1 Å². The van der Waals surface area contributed by atoms with E-state index in [-0.39, 0.29) is 6.61 Å². The third-order valence-electron chi connectivity index (χ3n) is 3.57. The maximum atomic E-state index is 12.5. The Morgan fingerprint density at radius 3 is 2.72 bits per heavy atom. The first-order valence-corrected chi connectivity index (χ1v) is 7.60. The molecule has 2 rings (SSSR count). The zero-order chi connectivity index (χ0) is 13.3. The van der Waals surface area contributed by atoms with Gasteiger partial charge in [0.1, 0.15) is 0 Å². The number of aliphatic hydroxyl groups is 1. The second-order valence-corrected chi connectivity index (χ2v) is 6.86. The fourth-order valence-electron chi connectivity index (χ4n) is 2.36. The van der Waals surface area contributed by atoms with E-state index in [0.29, 0.717) is 35.0 Å². The molecule has 1 heterocycles. The molecule has 1 fully saturated rings. The van der Waals surface area contributed by atoms with Crippen LogP contribution in [0.3, 0.4) is 0 Å². The first kappa shape index (κ1) is 13.5. The Labute approximate surface area is 108 Å². The zero-order valence-electron chi connectivity index (χ0n) is 10.8. The lowest BCUT2D eigenvalue weighted by Gasteiger charge is -2.18. The van der Waals surface area contributed by atoms with Crippen LogP contribution in [0.1, 0.15) is 24.5 Å². The molecule has 1 saturated heterocycles. The number of hydrogen-bond acceptors (Lipinski definition) is 3. The molecule has 1 aliphatic heterocycles. The molecule has 0 spiro atoms. The minimum atomic E-state index is -3.41. The van der Waals surface area contributed by atoms with Gasteiger partial charge in [-0.2, -0.15) is 4.31 Å². The van der Waals surface area contributed by atoms with Gasteiger partial charge in [-0.05, 0) is 36.5 Å². The predicted molar refractivity (Wildman–Crippen MR) is 69.6 cm³/mol. The molecular weight excluding hydrogens is 250 g/mol. The first-order chi connectivity index (χ1) is 8.46. The third kappa shape index (κ3) is 2.30. The molecular formula is C13H19NO3S. The van der Waals surface area contributed by atoms with Crippen LogP contribution in [-0.2, 0) is 16.6 Å². The highest BCUT2D eigenvalue weighted by molar-refractivity contribution is 7.89. The first-order valence-electron chi connectivity index (χ1n) is 6.16. The van der Waals surface area contributed by atoms with Crippen LogP contribution >= 0.6 is 0 Å². The SMILES string of the molecule is Cc1c(CO)cccc1S(=O)(=O)N1CCC(C)C1. The summed E-state index contributed by atoms with van der Waals surface area (Å²) in [6.07, 6.45) is 0.915. The molecule has 0 saturated carbocycles. The Balaban J connectivity index is 2.42. The van der Waals surface area contributed by atoms with Gasteiger partial charge in [-0.15, -0.1) is 0 Å². The predicted octanol–water partition coefficient (Wildman–Crippen LogP) is 1.52. The topological polar surface area (TPSA) is 57.6 Å². The van der Waals surface area contributed by atoms with Gasteiger partial charge >= 0.3 is 0 Å². The van der Waals surface area contributed by atoms with Crippen LogP contribution in [0.25, 0.3) is 0 Å². The highest BCUT2D eigenvalue weighted by atomic mass is 32.2. The van der Waals surface area contributed by atoms with Gasteiger partial charge in [0.2, 0.25) is 10.0 Å². The molecule has 1 aromatic carbocycles. The van der Waals surface area contributed by atoms with Gasteiger partial charge in [0, 0.05) is 13.1 Å². The fraction of sp³-hybridized carbons (Fsp3) is 0.538. The number of rotatable bonds is 3. The van der Waals surface area contributed by atoms with E-state index < -0.39 is 10.0 Å². The van der Waals surface area contributed by atoms with E-state index in [0.717, 1.165) is 6.42 Å². The van der Waals surface area contributed by atoms with Gasteiger partial charge in [0.15, 0.2) is 0 Å². The average molecular weight is 269 g/mol. The second-order valence-electron chi connectivity index (χ2n) is 4.96. The molecule has 1 aromatic rings. The molecule has 100 valence electrons. The lowest BCUT2D eigenvalue weighted by atomic mass is 10.1. The van der Waals surface area contributed by atoms with Crippen molar-refractivity contribution in [3.63, 3.8) is 0 Å². The van der Waals surface area contributed by atoms with Crippen molar-refractivity contribution in [1.29, 1.82) is 0 Å². The molecule has 0 amide bonds. The molecule has 1 atom stereocenters. The van der Waals surface area contributed by atoms with Gasteiger partial charge in [0.25, 0.3) is 0 Å². The van der Waals surface area contributed by atoms with Gasteiger partial charge in [-0.1, -0.05) is 19.1 Å². The summed E-state index contributed by atoms with van der Waals surface area (Å²) in [6, 6.07) is 5.05. The Morgan fingerprint density at radius 2 is 2.17 bits per heavy atom. The summed E-state index contributed by atoms with van der Waals surface area (Å²) in [5.41, 5.74) is 1.32. The number of hydrogen-bond donors (Lipinski definition) is 1. The van der Waals surface area contributed by atoms with Crippen LogP contribution in [0.2, 0.25) is 0 Å². The molecule has 4 nitrogen and oxygen atoms in total. The van der Waals surface area contributed by atoms with Gasteiger partial charge in [-0.25, -0.2) is 8.42 Å². The number of aliphatic hydroxyl groups excluding tert-OH is 1. The van der Waals surface area contributed by atoms with Crippen LogP contribution in [0, 0.1) is 12.8 Å². The van der Waals surface area contributed by atoms with Crippen molar-refractivity contribution in [2.45, 2.75) is 31.8 Å². The summed E-state index contributed by atoms with van der Waals surface area (Å²) >= 11 is 0. The minimum Gasteiger partial charge on any atom is -0.392 e. The highest BCUT2D eigenvalue weighted by Crippen LogP contribution is 2.27. The fourth-order valence-corrected chi connectivity index (χ4v) is 4.21. The maximum Gasteiger partial charge on any atom is 0.243 e. The van der Waals surface area contributed by atoms with Crippen LogP contribution in [0.15, 0.2) is 23.1 Å². The van der Waals surface area contributed by atoms with Crippen LogP contribution in [-0.4, -0.2) is 30.9 Å². The summed E-state index contributed by atoms with van der Waals surface area (Å²) in [5.74, 6) is 0.418. The molecule has 0 radical (unpaired) electrons. The normalized spacial score (nSPS) is 21.4. The van der Waals surface area contributed by atoms with E-state index in [9.17, 15) is 13.5 Å². The summed E-state index contributed by atoms with van der Waals surface area (Å²) in [4.78, 5) is 0.322. The lowest BCUT2D eigenvalue weighted by molar-refractivity contribution is 0.280. The maximum absolute atomic E-state index is 12.5. The van der Waals surface area contributed by atoms with E-state index >= 15 is 0 Å². The van der Waals surface area contributed by atoms with E-state index in [4.69, 9.17) is 0 Å². The van der Waals surface area contributed by atoms with E-state index in [2.05, 4.69) is 6.92 Å². The summed E-state index contributed by atoms with van der Waals surface area (Å²) in [5, 5.41) is 9.21. The largest absolute Gasteiger partial charge is 0.392 e. The molecule has 1 aliphatic rings. The Morgan fingerprint density at radius 1 is 1.44 bits per heavy atom. The number of benzene rings is 1. The highest BCUT2D eigenvalue weighted by Gasteiger charge is 2.31. The lowest BCUT2D eigenvalue weighted by Crippen LogP contribution is -2.29. The Kier molecular flexibility index (Phi) is 3.75. The molecule has 1 unspecified atom stereocenters. The van der Waals surface area contributed by atoms with Crippen molar-refractivity contribution in [1.82, 2.24) is 4.31 Å². The van der Waals surface area contributed by atoms with E-state index in [1.165, 1.54) is 0 Å². The molecule has 5 heteroatoms. The molecule has 1 N–H and O–H groups in total. The Hall–Kier alpha value is -0.910. The third-order valence-corrected chi connectivity index (χ3v) is 5.58. The molecule has 0 aliphatic carbocycles. The number of nitrogens with zero attached hydrogens (tertiary/aromatic N) is 1. The van der Waals surface area contributed by atoms with Gasteiger partial charge < -0.3 is 5.11 Å². The molecule has 0 aromatic heterocycles. The second kappa shape index (κ2) is 4.99. The van der Waals surface area contributed by atoms with Crippen LogP contribution < -0.4 is 0 Å². The number of sulfonamides is 1. The quantitative estimate of drug-likeness (QED) is 0.905. The minimum absolute atomic E-state index is 0.133. The van der Waals surface area contributed by atoms with Crippen molar-refractivity contribution < 1.29 is 13.5 Å². The van der Waals surface area contributed by atoms with Crippen molar-refractivity contribution in [3.05, 3.63) is 29.3 Å². The van der Waals surface area contributed by atoms with E-state index in [1.807, 2.05) is 0 Å². The monoisotopic (exact) mass is 269 g/mol. The standard InChI is InChI=1S/C13H19NO3S/c1-10-6-7-14(8-10)18(16,17)13-5-3-4-12(9-15)11(13)2/h3-5,10,15H,6-9H2,1-2H3. The van der Waals surface area contributed by atoms with Crippen LogP contribution in [0.4, 0.5) is 0 Å². The van der Waals surface area contributed by atoms with E-state index in [1.54, 1.807) is 29.4 Å². The summed E-state index contributed by atoms with van der Waals surface area (Å²) in [6.45, 7) is 4.85. The van der Waals surface area contributed by atoms with Crippen molar-refractivity contribution in [3.8, 4) is 0 Å². The van der Waals surface area contributed by atoms with Gasteiger partial charge in [-0.3, -0.25) is 0 Å². The summed E-state index contributed by atoms with van der Waals surface area (Å²) in [7, 11) is -3.41. The van der Waals surface area contributed by atoms with Crippen molar-refractivity contribution in [2.24, 2.45) is 5.92 Å². The Bertz CT molecular complexity index is 539. The van der Waals surface area contributed by atoms with Crippen LogP contribution in [0.5, 0.6) is 0 Å². The van der Waals surface area contributed by atoms with Gasteiger partial charge in [0.05, 0.1) is 11.5 Å². The molecule has 18 heavy (non-hydrogen) atoms. The van der Waals surface area contributed by atoms with Crippen molar-refractivity contribution >= 4 is 10.0 Å². The molecule has 0 bridgehead atoms. The zero-order valence-corrected chi connectivity index (χ0v) is 11.6. The average Bonchev–Trinajstić information content (AvgIpc) is 2.76.